The molecule has 0 spiro atoms. The SMILES string of the molecule is C=CCNC(=O)Cn1ccc2ccc(C=O)cc21. The number of carbonyl (C=O) groups is 2. The maximum Gasteiger partial charge on any atom is 0.240 e. The predicted octanol–water partition coefficient (Wildman–Crippen LogP) is 1.76. The molecule has 0 aliphatic heterocycles. The van der Waals surface area contributed by atoms with Gasteiger partial charge in [0.2, 0.25) is 5.91 Å². The van der Waals surface area contributed by atoms with Gasteiger partial charge in [-0.15, -0.1) is 6.58 Å². The molecule has 1 N–H and O–H groups in total. The Morgan fingerprint density at radius 2 is 2.22 bits per heavy atom. The van der Waals surface area contributed by atoms with Crippen molar-refractivity contribution in [3.05, 3.63) is 48.7 Å². The number of aromatic nitrogens is 1. The first-order chi connectivity index (χ1) is 8.74. The normalized spacial score (nSPS) is 10.2. The molecule has 0 aliphatic carbocycles. The summed E-state index contributed by atoms with van der Waals surface area (Å²) in [6.45, 7) is 4.23. The molecule has 1 aromatic carbocycles. The van der Waals surface area contributed by atoms with Crippen LogP contribution in [-0.2, 0) is 11.3 Å². The van der Waals surface area contributed by atoms with Crippen molar-refractivity contribution in [2.75, 3.05) is 6.54 Å². The van der Waals surface area contributed by atoms with Crippen LogP contribution < -0.4 is 5.32 Å². The monoisotopic (exact) mass is 242 g/mol. The molecule has 18 heavy (non-hydrogen) atoms. The third kappa shape index (κ3) is 2.48. The van der Waals surface area contributed by atoms with Gasteiger partial charge in [0.05, 0.1) is 0 Å². The number of aldehydes is 1. The lowest BCUT2D eigenvalue weighted by atomic mass is 10.2. The van der Waals surface area contributed by atoms with Crippen LogP contribution in [0, 0.1) is 0 Å². The molecular formula is C14H14N2O2. The van der Waals surface area contributed by atoms with E-state index in [0.717, 1.165) is 17.2 Å². The van der Waals surface area contributed by atoms with Crippen molar-refractivity contribution in [1.29, 1.82) is 0 Å². The van der Waals surface area contributed by atoms with Crippen LogP contribution in [0.1, 0.15) is 10.4 Å². The van der Waals surface area contributed by atoms with Crippen LogP contribution in [0.25, 0.3) is 10.9 Å². The summed E-state index contributed by atoms with van der Waals surface area (Å²) in [6, 6.07) is 7.34. The minimum absolute atomic E-state index is 0.0797. The zero-order chi connectivity index (χ0) is 13.0. The van der Waals surface area contributed by atoms with Crippen molar-refractivity contribution in [3.8, 4) is 0 Å². The third-order valence-electron chi connectivity index (χ3n) is 2.69. The second kappa shape index (κ2) is 5.31. The molecule has 4 heteroatoms. The Labute approximate surface area is 105 Å². The van der Waals surface area contributed by atoms with Crippen LogP contribution in [-0.4, -0.2) is 23.3 Å². The Bertz CT molecular complexity index is 599. The number of fused-ring (bicyclic) bond motifs is 1. The largest absolute Gasteiger partial charge is 0.351 e. The highest BCUT2D eigenvalue weighted by molar-refractivity contribution is 5.88. The molecule has 0 aliphatic rings. The molecule has 2 rings (SSSR count). The van der Waals surface area contributed by atoms with Crippen LogP contribution in [0.4, 0.5) is 0 Å². The smallest absolute Gasteiger partial charge is 0.240 e. The van der Waals surface area contributed by atoms with Crippen LogP contribution in [0.15, 0.2) is 43.1 Å². The summed E-state index contributed by atoms with van der Waals surface area (Å²) in [5.41, 5.74) is 1.49. The Hall–Kier alpha value is -2.36. The number of carbonyl (C=O) groups excluding carboxylic acids is 2. The van der Waals surface area contributed by atoms with Crippen LogP contribution in [0.2, 0.25) is 0 Å². The molecule has 1 amide bonds. The highest BCUT2D eigenvalue weighted by Crippen LogP contribution is 2.16. The Morgan fingerprint density at radius 1 is 1.39 bits per heavy atom. The molecule has 0 atom stereocenters. The van der Waals surface area contributed by atoms with Crippen molar-refractivity contribution in [2.45, 2.75) is 6.54 Å². The number of rotatable bonds is 5. The minimum Gasteiger partial charge on any atom is -0.351 e. The first-order valence-electron chi connectivity index (χ1n) is 5.66. The molecule has 4 nitrogen and oxygen atoms in total. The van der Waals surface area contributed by atoms with E-state index in [0.29, 0.717) is 12.1 Å². The van der Waals surface area contributed by atoms with E-state index in [1.54, 1.807) is 18.2 Å². The zero-order valence-corrected chi connectivity index (χ0v) is 9.93. The molecule has 0 unspecified atom stereocenters. The second-order valence-electron chi connectivity index (χ2n) is 3.97. The molecule has 1 aromatic heterocycles. The standard InChI is InChI=1S/C14H14N2O2/c1-2-6-15-14(18)9-16-7-5-12-4-3-11(10-17)8-13(12)16/h2-5,7-8,10H,1,6,9H2,(H,15,18). The number of hydrogen-bond acceptors (Lipinski definition) is 2. The van der Waals surface area contributed by atoms with E-state index in [-0.39, 0.29) is 12.5 Å². The fourth-order valence-electron chi connectivity index (χ4n) is 1.81. The van der Waals surface area contributed by atoms with Crippen LogP contribution in [0.3, 0.4) is 0 Å². The van der Waals surface area contributed by atoms with Gasteiger partial charge < -0.3 is 9.88 Å². The summed E-state index contributed by atoms with van der Waals surface area (Å²) in [5.74, 6) is -0.0797. The molecule has 92 valence electrons. The van der Waals surface area contributed by atoms with Crippen molar-refractivity contribution in [2.24, 2.45) is 0 Å². The lowest BCUT2D eigenvalue weighted by Crippen LogP contribution is -2.27. The van der Waals surface area contributed by atoms with E-state index < -0.39 is 0 Å². The van der Waals surface area contributed by atoms with Crippen molar-refractivity contribution >= 4 is 23.1 Å². The molecule has 0 fully saturated rings. The zero-order valence-electron chi connectivity index (χ0n) is 9.93. The summed E-state index contributed by atoms with van der Waals surface area (Å²) in [7, 11) is 0. The number of amides is 1. The van der Waals surface area contributed by atoms with Gasteiger partial charge in [-0.25, -0.2) is 0 Å². The number of benzene rings is 1. The van der Waals surface area contributed by atoms with E-state index in [1.165, 1.54) is 0 Å². The van der Waals surface area contributed by atoms with Gasteiger partial charge in [0.1, 0.15) is 12.8 Å². The molecule has 0 saturated carbocycles. The summed E-state index contributed by atoms with van der Waals surface area (Å²) < 4.78 is 1.82. The second-order valence-corrected chi connectivity index (χ2v) is 3.97. The Morgan fingerprint density at radius 3 is 2.94 bits per heavy atom. The van der Waals surface area contributed by atoms with Crippen molar-refractivity contribution in [1.82, 2.24) is 9.88 Å². The molecular weight excluding hydrogens is 228 g/mol. The Balaban J connectivity index is 2.25. The number of hydrogen-bond donors (Lipinski definition) is 1. The predicted molar refractivity (Wildman–Crippen MR) is 70.5 cm³/mol. The first-order valence-corrected chi connectivity index (χ1v) is 5.66. The summed E-state index contributed by atoms with van der Waals surface area (Å²) in [5, 5.41) is 3.73. The summed E-state index contributed by atoms with van der Waals surface area (Å²) in [4.78, 5) is 22.4. The van der Waals surface area contributed by atoms with E-state index in [1.807, 2.05) is 22.9 Å². The van der Waals surface area contributed by atoms with Crippen LogP contribution in [0.5, 0.6) is 0 Å². The number of nitrogens with zero attached hydrogens (tertiary/aromatic N) is 1. The quantitative estimate of drug-likeness (QED) is 0.641. The average Bonchev–Trinajstić information content (AvgIpc) is 2.78. The fraction of sp³-hybridized carbons (Fsp3) is 0.143. The highest BCUT2D eigenvalue weighted by Gasteiger charge is 2.06. The van der Waals surface area contributed by atoms with Gasteiger partial charge in [-0.05, 0) is 17.5 Å². The van der Waals surface area contributed by atoms with Crippen LogP contribution >= 0.6 is 0 Å². The minimum atomic E-state index is -0.0797. The van der Waals surface area contributed by atoms with E-state index in [4.69, 9.17) is 0 Å². The average molecular weight is 242 g/mol. The maximum atomic E-state index is 11.6. The van der Waals surface area contributed by atoms with Gasteiger partial charge in [-0.2, -0.15) is 0 Å². The first kappa shape index (κ1) is 12.1. The fourth-order valence-corrected chi connectivity index (χ4v) is 1.81. The van der Waals surface area contributed by atoms with Gasteiger partial charge in [0.15, 0.2) is 0 Å². The summed E-state index contributed by atoms with van der Waals surface area (Å²) >= 11 is 0. The molecule has 0 bridgehead atoms. The molecule has 1 heterocycles. The molecule has 2 aromatic rings. The van der Waals surface area contributed by atoms with Gasteiger partial charge in [0, 0.05) is 23.8 Å². The van der Waals surface area contributed by atoms with E-state index in [2.05, 4.69) is 11.9 Å². The van der Waals surface area contributed by atoms with Gasteiger partial charge in [-0.3, -0.25) is 9.59 Å². The summed E-state index contributed by atoms with van der Waals surface area (Å²) in [6.07, 6.45) is 4.28. The van der Waals surface area contributed by atoms with Gasteiger partial charge in [-0.1, -0.05) is 18.2 Å². The van der Waals surface area contributed by atoms with E-state index >= 15 is 0 Å². The van der Waals surface area contributed by atoms with E-state index in [9.17, 15) is 9.59 Å². The van der Waals surface area contributed by atoms with Gasteiger partial charge >= 0.3 is 0 Å². The molecule has 0 radical (unpaired) electrons. The topological polar surface area (TPSA) is 51.1 Å². The molecule has 0 saturated heterocycles. The van der Waals surface area contributed by atoms with Crippen molar-refractivity contribution in [3.63, 3.8) is 0 Å². The lowest BCUT2D eigenvalue weighted by Gasteiger charge is -2.06. The highest BCUT2D eigenvalue weighted by atomic mass is 16.1. The Kier molecular flexibility index (Phi) is 3.57. The van der Waals surface area contributed by atoms with Gasteiger partial charge in [0.25, 0.3) is 0 Å². The third-order valence-corrected chi connectivity index (χ3v) is 2.69. The van der Waals surface area contributed by atoms with Crippen molar-refractivity contribution < 1.29 is 9.59 Å². The lowest BCUT2D eigenvalue weighted by molar-refractivity contribution is -0.121. The maximum absolute atomic E-state index is 11.6. The number of nitrogens with one attached hydrogen (secondary N) is 1.